The van der Waals surface area contributed by atoms with Crippen molar-refractivity contribution in [1.82, 2.24) is 24.8 Å². The van der Waals surface area contributed by atoms with Crippen LogP contribution in [0.25, 0.3) is 16.9 Å². The first kappa shape index (κ1) is 23.3. The molecule has 2 aromatic heterocycles. The van der Waals surface area contributed by atoms with Crippen molar-refractivity contribution >= 4 is 34.4 Å². The van der Waals surface area contributed by atoms with Crippen molar-refractivity contribution in [2.45, 2.75) is 13.3 Å². The van der Waals surface area contributed by atoms with Gasteiger partial charge in [-0.2, -0.15) is 0 Å². The van der Waals surface area contributed by atoms with Gasteiger partial charge in [0.15, 0.2) is 5.65 Å². The van der Waals surface area contributed by atoms with Gasteiger partial charge in [0.2, 0.25) is 0 Å². The Bertz CT molecular complexity index is 1330. The van der Waals surface area contributed by atoms with Gasteiger partial charge >= 0.3 is 0 Å². The van der Waals surface area contributed by atoms with Crippen LogP contribution < -0.4 is 10.2 Å². The third-order valence-corrected chi connectivity index (χ3v) is 6.67. The number of carbonyl (C=O) groups is 1. The fraction of sp³-hybridized carbons (Fsp3) is 0.296. The molecule has 3 heterocycles. The topological polar surface area (TPSA) is 66.3 Å². The predicted molar refractivity (Wildman–Crippen MR) is 141 cm³/mol. The highest BCUT2D eigenvalue weighted by Gasteiger charge is 2.17. The molecule has 1 N–H and O–H groups in total. The minimum absolute atomic E-state index is 0.0624. The maximum Gasteiger partial charge on any atom is 0.251 e. The normalized spacial score (nSPS) is 14.4. The Morgan fingerprint density at radius 2 is 1.80 bits per heavy atom. The van der Waals surface area contributed by atoms with E-state index < -0.39 is 0 Å². The molecule has 1 aliphatic rings. The number of amides is 1. The van der Waals surface area contributed by atoms with E-state index in [1.807, 2.05) is 66.1 Å². The highest BCUT2D eigenvalue weighted by molar-refractivity contribution is 6.30. The maximum absolute atomic E-state index is 12.8. The monoisotopic (exact) mass is 488 g/mol. The van der Waals surface area contributed by atoms with Crippen molar-refractivity contribution in [3.63, 3.8) is 0 Å². The molecule has 35 heavy (non-hydrogen) atoms. The molecule has 1 fully saturated rings. The number of aromatic nitrogens is 3. The number of imidazole rings is 1. The molecule has 2 aromatic carbocycles. The van der Waals surface area contributed by atoms with Gasteiger partial charge in [0.05, 0.1) is 0 Å². The Hall–Kier alpha value is -3.42. The van der Waals surface area contributed by atoms with E-state index in [9.17, 15) is 4.79 Å². The first-order chi connectivity index (χ1) is 17.1. The summed E-state index contributed by atoms with van der Waals surface area (Å²) in [5.74, 6) is 0.777. The van der Waals surface area contributed by atoms with Crippen molar-refractivity contribution in [3.05, 3.63) is 83.3 Å². The Morgan fingerprint density at radius 3 is 2.63 bits per heavy atom. The number of halogens is 1. The van der Waals surface area contributed by atoms with Crippen molar-refractivity contribution < 1.29 is 4.79 Å². The van der Waals surface area contributed by atoms with Gasteiger partial charge < -0.3 is 10.2 Å². The number of pyridine rings is 1. The van der Waals surface area contributed by atoms with Crippen LogP contribution in [0.15, 0.2) is 66.9 Å². The van der Waals surface area contributed by atoms with Crippen LogP contribution in [-0.2, 0) is 0 Å². The molecule has 7 nitrogen and oxygen atoms in total. The summed E-state index contributed by atoms with van der Waals surface area (Å²) in [6.07, 6.45) is 2.67. The summed E-state index contributed by atoms with van der Waals surface area (Å²) in [7, 11) is 0. The Balaban J connectivity index is 1.12. The number of hydrogen-bond acceptors (Lipinski definition) is 5. The lowest BCUT2D eigenvalue weighted by atomic mass is 10.2. The number of piperazine rings is 1. The molecule has 0 bridgehead atoms. The zero-order valence-corrected chi connectivity index (χ0v) is 20.6. The number of nitrogens with zero attached hydrogens (tertiary/aromatic N) is 5. The molecular weight excluding hydrogens is 460 g/mol. The molecule has 1 saturated heterocycles. The Labute approximate surface area is 210 Å². The number of aryl methyl sites for hydroxylation is 1. The summed E-state index contributed by atoms with van der Waals surface area (Å²) in [5, 5.41) is 3.85. The second-order valence-electron chi connectivity index (χ2n) is 8.81. The zero-order chi connectivity index (χ0) is 24.2. The standard InChI is InChI=1S/C27H29ClN6O/c1-20-31-25-10-4-11-29-26(25)34(20)24-9-2-6-21(18-24)27(35)30-12-5-13-32-14-16-33(17-15-32)23-8-3-7-22(28)19-23/h2-4,6-11,18-19H,5,12-17H2,1H3,(H,30,35). The summed E-state index contributed by atoms with van der Waals surface area (Å²) in [5.41, 5.74) is 4.33. The van der Waals surface area contributed by atoms with Crippen LogP contribution >= 0.6 is 11.6 Å². The lowest BCUT2D eigenvalue weighted by Crippen LogP contribution is -2.47. The molecule has 1 amide bonds. The van der Waals surface area contributed by atoms with E-state index in [1.165, 1.54) is 5.69 Å². The fourth-order valence-corrected chi connectivity index (χ4v) is 4.81. The molecule has 1 aliphatic heterocycles. The number of carbonyl (C=O) groups excluding carboxylic acids is 1. The smallest absolute Gasteiger partial charge is 0.251 e. The van der Waals surface area contributed by atoms with Crippen LogP contribution in [-0.4, -0.2) is 64.6 Å². The molecule has 0 unspecified atom stereocenters. The highest BCUT2D eigenvalue weighted by atomic mass is 35.5. The lowest BCUT2D eigenvalue weighted by Gasteiger charge is -2.36. The van der Waals surface area contributed by atoms with Crippen LogP contribution in [0.3, 0.4) is 0 Å². The molecule has 4 aromatic rings. The average Bonchev–Trinajstić information content (AvgIpc) is 3.22. The van der Waals surface area contributed by atoms with Gasteiger partial charge in [-0.3, -0.25) is 14.3 Å². The molecule has 0 saturated carbocycles. The Morgan fingerprint density at radius 1 is 1.00 bits per heavy atom. The molecule has 0 spiro atoms. The first-order valence-electron chi connectivity index (χ1n) is 12.0. The van der Waals surface area contributed by atoms with E-state index in [0.717, 1.165) is 66.8 Å². The van der Waals surface area contributed by atoms with Gasteiger partial charge in [-0.15, -0.1) is 0 Å². The largest absolute Gasteiger partial charge is 0.369 e. The van der Waals surface area contributed by atoms with Gasteiger partial charge in [-0.25, -0.2) is 9.97 Å². The number of nitrogens with one attached hydrogen (secondary N) is 1. The third-order valence-electron chi connectivity index (χ3n) is 6.43. The fourth-order valence-electron chi connectivity index (χ4n) is 4.63. The summed E-state index contributed by atoms with van der Waals surface area (Å²) in [6.45, 7) is 7.54. The third kappa shape index (κ3) is 5.31. The lowest BCUT2D eigenvalue weighted by molar-refractivity contribution is 0.0951. The van der Waals surface area contributed by atoms with Crippen LogP contribution in [0.2, 0.25) is 5.02 Å². The summed E-state index contributed by atoms with van der Waals surface area (Å²) in [4.78, 5) is 26.7. The SMILES string of the molecule is Cc1nc2cccnc2n1-c1cccc(C(=O)NCCCN2CCN(c3cccc(Cl)c3)CC2)c1. The van der Waals surface area contributed by atoms with Crippen LogP contribution in [0, 0.1) is 6.92 Å². The number of benzene rings is 2. The van der Waals surface area contributed by atoms with Crippen LogP contribution in [0.4, 0.5) is 5.69 Å². The van der Waals surface area contributed by atoms with Crippen molar-refractivity contribution in [3.8, 4) is 5.69 Å². The molecule has 0 aliphatic carbocycles. The van der Waals surface area contributed by atoms with Crippen LogP contribution in [0.1, 0.15) is 22.6 Å². The van der Waals surface area contributed by atoms with E-state index >= 15 is 0 Å². The van der Waals surface area contributed by atoms with E-state index in [4.69, 9.17) is 11.6 Å². The second kappa shape index (κ2) is 10.5. The number of anilines is 1. The van der Waals surface area contributed by atoms with Gasteiger partial charge in [0.25, 0.3) is 5.91 Å². The van der Waals surface area contributed by atoms with E-state index in [0.29, 0.717) is 12.1 Å². The predicted octanol–water partition coefficient (Wildman–Crippen LogP) is 4.32. The van der Waals surface area contributed by atoms with Crippen molar-refractivity contribution in [2.24, 2.45) is 0 Å². The minimum atomic E-state index is -0.0624. The highest BCUT2D eigenvalue weighted by Crippen LogP contribution is 2.21. The van der Waals surface area contributed by atoms with Gasteiger partial charge in [0, 0.05) is 60.9 Å². The maximum atomic E-state index is 12.8. The summed E-state index contributed by atoms with van der Waals surface area (Å²) >= 11 is 6.13. The van der Waals surface area contributed by atoms with Crippen LogP contribution in [0.5, 0.6) is 0 Å². The molecule has 8 heteroatoms. The van der Waals surface area contributed by atoms with Gasteiger partial charge in [-0.05, 0) is 68.4 Å². The summed E-state index contributed by atoms with van der Waals surface area (Å²) < 4.78 is 1.98. The van der Waals surface area contributed by atoms with Gasteiger partial charge in [-0.1, -0.05) is 23.7 Å². The number of hydrogen-bond donors (Lipinski definition) is 1. The zero-order valence-electron chi connectivity index (χ0n) is 19.8. The van der Waals surface area contributed by atoms with Gasteiger partial charge in [0.1, 0.15) is 11.3 Å². The Kier molecular flexibility index (Phi) is 6.97. The van der Waals surface area contributed by atoms with Crippen molar-refractivity contribution in [1.29, 1.82) is 0 Å². The quantitative estimate of drug-likeness (QED) is 0.392. The second-order valence-corrected chi connectivity index (χ2v) is 9.25. The molecule has 0 radical (unpaired) electrons. The minimum Gasteiger partial charge on any atom is -0.369 e. The molecule has 5 rings (SSSR count). The average molecular weight is 489 g/mol. The first-order valence-corrected chi connectivity index (χ1v) is 12.4. The van der Waals surface area contributed by atoms with Crippen molar-refractivity contribution in [2.75, 3.05) is 44.2 Å². The molecule has 180 valence electrons. The molecule has 0 atom stereocenters. The van der Waals surface area contributed by atoms with E-state index in [-0.39, 0.29) is 5.91 Å². The number of fused-ring (bicyclic) bond motifs is 1. The summed E-state index contributed by atoms with van der Waals surface area (Å²) in [6, 6.07) is 19.5. The van der Waals surface area contributed by atoms with E-state index in [2.05, 4.69) is 31.2 Å². The number of rotatable bonds is 7. The molecular formula is C27H29ClN6O. The van der Waals surface area contributed by atoms with E-state index in [1.54, 1.807) is 6.20 Å².